The minimum Gasteiger partial charge on any atom is -0.354 e. The van der Waals surface area contributed by atoms with Crippen LogP contribution in [0.25, 0.3) is 0 Å². The molecule has 0 radical (unpaired) electrons. The number of hydrogen-bond acceptors (Lipinski definition) is 3. The number of aromatic amines is 1. The van der Waals surface area contributed by atoms with Crippen LogP contribution in [0.3, 0.4) is 0 Å². The molecule has 1 aliphatic rings. The number of carbonyl (C=O) groups is 2. The van der Waals surface area contributed by atoms with E-state index in [9.17, 15) is 9.59 Å². The highest BCUT2D eigenvalue weighted by Gasteiger charge is 2.32. The van der Waals surface area contributed by atoms with Crippen molar-refractivity contribution < 1.29 is 9.59 Å². The molecular weight excluding hydrogens is 266 g/mol. The van der Waals surface area contributed by atoms with Crippen LogP contribution in [-0.2, 0) is 0 Å². The molecule has 0 aliphatic carbocycles. The van der Waals surface area contributed by atoms with Gasteiger partial charge in [-0.25, -0.2) is 0 Å². The van der Waals surface area contributed by atoms with Crippen molar-refractivity contribution >= 4 is 11.7 Å². The van der Waals surface area contributed by atoms with Crippen LogP contribution >= 0.6 is 0 Å². The van der Waals surface area contributed by atoms with Gasteiger partial charge in [-0.2, -0.15) is 0 Å². The first-order valence-corrected chi connectivity index (χ1v) is 7.57. The maximum Gasteiger partial charge on any atom is 0.270 e. The van der Waals surface area contributed by atoms with Crippen LogP contribution in [0.2, 0.25) is 0 Å². The SMILES string of the molecule is CC(=O)c1c(C)[nH]c(C(=O)N2CCC(C)CC2CN)c1C. The summed E-state index contributed by atoms with van der Waals surface area (Å²) in [7, 11) is 0. The van der Waals surface area contributed by atoms with Crippen molar-refractivity contribution in [3.05, 3.63) is 22.5 Å². The first kappa shape index (κ1) is 15.8. The zero-order chi connectivity index (χ0) is 15.7. The number of ketones is 1. The number of rotatable bonds is 3. The topological polar surface area (TPSA) is 79.2 Å². The number of aryl methyl sites for hydroxylation is 1. The first-order valence-electron chi connectivity index (χ1n) is 7.57. The quantitative estimate of drug-likeness (QED) is 0.836. The summed E-state index contributed by atoms with van der Waals surface area (Å²) >= 11 is 0. The van der Waals surface area contributed by atoms with Crippen molar-refractivity contribution in [2.45, 2.75) is 46.6 Å². The molecule has 0 spiro atoms. The average Bonchev–Trinajstić information content (AvgIpc) is 2.73. The molecule has 1 amide bonds. The van der Waals surface area contributed by atoms with Crippen LogP contribution < -0.4 is 5.73 Å². The van der Waals surface area contributed by atoms with Gasteiger partial charge in [-0.15, -0.1) is 0 Å². The summed E-state index contributed by atoms with van der Waals surface area (Å²) in [5.74, 6) is 0.551. The van der Waals surface area contributed by atoms with E-state index in [-0.39, 0.29) is 17.7 Å². The number of carbonyl (C=O) groups excluding carboxylic acids is 2. The molecule has 5 nitrogen and oxygen atoms in total. The van der Waals surface area contributed by atoms with Crippen molar-refractivity contribution in [2.75, 3.05) is 13.1 Å². The number of H-pyrrole nitrogens is 1. The Kier molecular flexibility index (Phi) is 4.52. The van der Waals surface area contributed by atoms with Gasteiger partial charge >= 0.3 is 0 Å². The van der Waals surface area contributed by atoms with Crippen molar-refractivity contribution in [2.24, 2.45) is 11.7 Å². The molecule has 5 heteroatoms. The summed E-state index contributed by atoms with van der Waals surface area (Å²) < 4.78 is 0. The lowest BCUT2D eigenvalue weighted by Crippen LogP contribution is -2.49. The van der Waals surface area contributed by atoms with E-state index in [0.717, 1.165) is 30.6 Å². The third-order valence-electron chi connectivity index (χ3n) is 4.51. The number of hydrogen-bond donors (Lipinski definition) is 2. The van der Waals surface area contributed by atoms with E-state index in [1.165, 1.54) is 6.92 Å². The Morgan fingerprint density at radius 3 is 2.57 bits per heavy atom. The monoisotopic (exact) mass is 291 g/mol. The number of nitrogens with two attached hydrogens (primary N) is 1. The Labute approximate surface area is 125 Å². The largest absolute Gasteiger partial charge is 0.354 e. The molecule has 2 atom stereocenters. The Bertz CT molecular complexity index is 562. The Morgan fingerprint density at radius 2 is 2.05 bits per heavy atom. The van der Waals surface area contributed by atoms with E-state index < -0.39 is 0 Å². The molecule has 21 heavy (non-hydrogen) atoms. The van der Waals surface area contributed by atoms with Crippen LogP contribution in [0.4, 0.5) is 0 Å². The minimum atomic E-state index is -0.0366. The van der Waals surface area contributed by atoms with Gasteiger partial charge in [-0.1, -0.05) is 6.92 Å². The molecular formula is C16H25N3O2. The number of Topliss-reactive ketones (excluding diaryl/α,β-unsaturated/α-hetero) is 1. The van der Waals surface area contributed by atoms with Gasteiger partial charge in [0.1, 0.15) is 5.69 Å². The lowest BCUT2D eigenvalue weighted by molar-refractivity contribution is 0.0567. The highest BCUT2D eigenvalue weighted by molar-refractivity contribution is 6.02. The van der Waals surface area contributed by atoms with Crippen molar-refractivity contribution in [1.82, 2.24) is 9.88 Å². The van der Waals surface area contributed by atoms with Crippen LogP contribution in [0.5, 0.6) is 0 Å². The van der Waals surface area contributed by atoms with Crippen molar-refractivity contribution in [1.29, 1.82) is 0 Å². The van der Waals surface area contributed by atoms with Gasteiger partial charge in [-0.05, 0) is 45.1 Å². The molecule has 0 saturated carbocycles. The molecule has 1 aliphatic heterocycles. The second-order valence-corrected chi connectivity index (χ2v) is 6.20. The van der Waals surface area contributed by atoms with Crippen molar-refractivity contribution in [3.8, 4) is 0 Å². The van der Waals surface area contributed by atoms with Gasteiger partial charge in [0.15, 0.2) is 5.78 Å². The molecule has 2 rings (SSSR count). The molecule has 2 unspecified atom stereocenters. The Morgan fingerprint density at radius 1 is 1.38 bits per heavy atom. The molecule has 0 aromatic carbocycles. The third kappa shape index (κ3) is 2.88. The van der Waals surface area contributed by atoms with Crippen LogP contribution in [-0.4, -0.2) is 40.7 Å². The highest BCUT2D eigenvalue weighted by Crippen LogP contribution is 2.26. The zero-order valence-corrected chi connectivity index (χ0v) is 13.3. The average molecular weight is 291 g/mol. The maximum absolute atomic E-state index is 12.8. The fourth-order valence-electron chi connectivity index (χ4n) is 3.38. The van der Waals surface area contributed by atoms with Crippen molar-refractivity contribution in [3.63, 3.8) is 0 Å². The molecule has 1 fully saturated rings. The maximum atomic E-state index is 12.8. The number of aromatic nitrogens is 1. The Balaban J connectivity index is 2.32. The summed E-state index contributed by atoms with van der Waals surface area (Å²) in [5.41, 5.74) is 8.51. The highest BCUT2D eigenvalue weighted by atomic mass is 16.2. The summed E-state index contributed by atoms with van der Waals surface area (Å²) in [5, 5.41) is 0. The fourth-order valence-corrected chi connectivity index (χ4v) is 3.38. The van der Waals surface area contributed by atoms with Gasteiger partial charge in [0, 0.05) is 30.4 Å². The molecule has 2 heterocycles. The summed E-state index contributed by atoms with van der Waals surface area (Å²) in [6, 6.07) is 0.0880. The summed E-state index contributed by atoms with van der Waals surface area (Å²) in [6.07, 6.45) is 1.95. The van der Waals surface area contributed by atoms with E-state index in [1.54, 1.807) is 0 Å². The predicted molar refractivity (Wildman–Crippen MR) is 82.5 cm³/mol. The van der Waals surface area contributed by atoms with Crippen LogP contribution in [0.15, 0.2) is 0 Å². The minimum absolute atomic E-state index is 0.0112. The van der Waals surface area contributed by atoms with Gasteiger partial charge in [0.2, 0.25) is 0 Å². The lowest BCUT2D eigenvalue weighted by atomic mass is 9.92. The smallest absolute Gasteiger partial charge is 0.270 e. The number of amides is 1. The normalized spacial score (nSPS) is 22.4. The number of likely N-dealkylation sites (tertiary alicyclic amines) is 1. The van der Waals surface area contributed by atoms with Gasteiger partial charge in [0.05, 0.1) is 0 Å². The summed E-state index contributed by atoms with van der Waals surface area (Å²) in [6.45, 7) is 8.60. The molecule has 1 aromatic heterocycles. The van der Waals surface area contributed by atoms with Gasteiger partial charge in [0.25, 0.3) is 5.91 Å². The number of piperidine rings is 1. The van der Waals surface area contributed by atoms with Crippen LogP contribution in [0, 0.1) is 19.8 Å². The standard InChI is InChI=1S/C16H25N3O2/c1-9-5-6-19(13(7-9)8-17)16(21)15-10(2)14(12(4)20)11(3)18-15/h9,13,18H,5-8,17H2,1-4H3. The Hall–Kier alpha value is -1.62. The molecule has 116 valence electrons. The molecule has 1 aromatic rings. The number of nitrogens with one attached hydrogen (secondary N) is 1. The van der Waals surface area contributed by atoms with E-state index in [4.69, 9.17) is 5.73 Å². The molecule has 1 saturated heterocycles. The van der Waals surface area contributed by atoms with Crippen LogP contribution in [0.1, 0.15) is 58.8 Å². The van der Waals surface area contributed by atoms with E-state index in [2.05, 4.69) is 11.9 Å². The summed E-state index contributed by atoms with van der Waals surface area (Å²) in [4.78, 5) is 29.5. The molecule has 3 N–H and O–H groups in total. The third-order valence-corrected chi connectivity index (χ3v) is 4.51. The first-order chi connectivity index (χ1) is 9.86. The zero-order valence-electron chi connectivity index (χ0n) is 13.3. The van der Waals surface area contributed by atoms with Gasteiger partial charge in [-0.3, -0.25) is 9.59 Å². The predicted octanol–water partition coefficient (Wildman–Crippen LogP) is 2.03. The second kappa shape index (κ2) is 6.02. The molecule has 0 bridgehead atoms. The number of nitrogens with zero attached hydrogens (tertiary/aromatic N) is 1. The fraction of sp³-hybridized carbons (Fsp3) is 0.625. The van der Waals surface area contributed by atoms with E-state index in [0.29, 0.717) is 23.7 Å². The van der Waals surface area contributed by atoms with Gasteiger partial charge < -0.3 is 15.6 Å². The van der Waals surface area contributed by atoms with E-state index in [1.807, 2.05) is 18.7 Å². The lowest BCUT2D eigenvalue weighted by Gasteiger charge is -2.37. The van der Waals surface area contributed by atoms with E-state index >= 15 is 0 Å². The second-order valence-electron chi connectivity index (χ2n) is 6.20.